The van der Waals surface area contributed by atoms with Crippen LogP contribution in [-0.2, 0) is 11.3 Å². The second-order valence-corrected chi connectivity index (χ2v) is 9.09. The third-order valence-corrected chi connectivity index (χ3v) is 6.62. The smallest absolute Gasteiger partial charge is 0.481 e. The largest absolute Gasteiger partial charge is 0.490 e. The highest BCUT2D eigenvalue weighted by Crippen LogP contribution is 2.41. The number of aryl methyl sites for hydroxylation is 1. The number of alkyl halides is 3. The summed E-state index contributed by atoms with van der Waals surface area (Å²) in [5, 5.41) is 10.5. The minimum atomic E-state index is -5.08. The second-order valence-electron chi connectivity index (χ2n) is 8.03. The van der Waals surface area contributed by atoms with Crippen molar-refractivity contribution in [3.63, 3.8) is 0 Å². The Balaban J connectivity index is 0.000000360. The summed E-state index contributed by atoms with van der Waals surface area (Å²) in [6.45, 7) is 7.59. The van der Waals surface area contributed by atoms with Crippen LogP contribution < -0.4 is 9.64 Å². The molecule has 2 aromatic heterocycles. The van der Waals surface area contributed by atoms with E-state index >= 15 is 0 Å². The summed E-state index contributed by atoms with van der Waals surface area (Å²) in [5.74, 6) is -1.14. The van der Waals surface area contributed by atoms with Gasteiger partial charge in [-0.25, -0.2) is 19.7 Å². The van der Waals surface area contributed by atoms with Crippen LogP contribution in [0.25, 0.3) is 0 Å². The molecule has 0 radical (unpaired) electrons. The number of thiazole rings is 1. The molecule has 0 saturated carbocycles. The summed E-state index contributed by atoms with van der Waals surface area (Å²) in [5.41, 5.74) is 1.70. The molecule has 176 valence electrons. The van der Waals surface area contributed by atoms with E-state index in [4.69, 9.17) is 14.6 Å². The first-order chi connectivity index (χ1) is 15.1. The summed E-state index contributed by atoms with van der Waals surface area (Å²) in [6, 6.07) is 1.93. The minimum absolute atomic E-state index is 0.471. The first-order valence-electron chi connectivity index (χ1n) is 10.1. The standard InChI is InChI=1S/C18H25N5OS.C2HF3O2/c1-14-21-15(11-25-14)10-22-6-3-18(12-22)4-7-23(8-5-18)16-9-17(24-2)20-13-19-16;3-2(4,5)1(6)7/h9,11,13H,3-8,10,12H2,1-2H3;(H,6,7). The SMILES string of the molecule is COc1cc(N2CCC3(CCN(Cc4csc(C)n4)C3)CC2)ncn1.O=C(O)C(F)(F)F. The number of likely N-dealkylation sites (tertiary alicyclic amines) is 1. The molecule has 2 aromatic rings. The average molecular weight is 474 g/mol. The van der Waals surface area contributed by atoms with Crippen molar-refractivity contribution >= 4 is 23.1 Å². The second kappa shape index (κ2) is 9.99. The van der Waals surface area contributed by atoms with E-state index in [0.717, 1.165) is 30.5 Å². The molecule has 0 unspecified atom stereocenters. The summed E-state index contributed by atoms with van der Waals surface area (Å²) >= 11 is 1.75. The minimum Gasteiger partial charge on any atom is -0.481 e. The number of ether oxygens (including phenoxy) is 1. The van der Waals surface area contributed by atoms with Gasteiger partial charge in [0.2, 0.25) is 5.88 Å². The number of halogens is 3. The van der Waals surface area contributed by atoms with E-state index in [9.17, 15) is 13.2 Å². The normalized spacial score (nSPS) is 18.3. The van der Waals surface area contributed by atoms with Crippen molar-refractivity contribution in [2.75, 3.05) is 38.2 Å². The fourth-order valence-corrected chi connectivity index (χ4v) is 4.71. The van der Waals surface area contributed by atoms with E-state index in [1.807, 2.05) is 6.07 Å². The lowest BCUT2D eigenvalue weighted by Gasteiger charge is -2.40. The van der Waals surface area contributed by atoms with Crippen LogP contribution in [0.5, 0.6) is 5.88 Å². The maximum absolute atomic E-state index is 10.6. The number of methoxy groups -OCH3 is 1. The van der Waals surface area contributed by atoms with Crippen LogP contribution in [0, 0.1) is 12.3 Å². The number of hydrogen-bond donors (Lipinski definition) is 1. The van der Waals surface area contributed by atoms with E-state index in [0.29, 0.717) is 11.3 Å². The van der Waals surface area contributed by atoms with Crippen molar-refractivity contribution in [3.8, 4) is 5.88 Å². The molecule has 0 aromatic carbocycles. The van der Waals surface area contributed by atoms with Gasteiger partial charge >= 0.3 is 12.1 Å². The van der Waals surface area contributed by atoms with Gasteiger partial charge in [-0.05, 0) is 38.1 Å². The van der Waals surface area contributed by atoms with Gasteiger partial charge < -0.3 is 14.7 Å². The summed E-state index contributed by atoms with van der Waals surface area (Å²) in [7, 11) is 1.65. The maximum atomic E-state index is 10.6. The van der Waals surface area contributed by atoms with Crippen molar-refractivity contribution in [3.05, 3.63) is 28.5 Å². The van der Waals surface area contributed by atoms with Crippen molar-refractivity contribution in [1.82, 2.24) is 19.9 Å². The van der Waals surface area contributed by atoms with E-state index < -0.39 is 12.1 Å². The molecule has 2 aliphatic rings. The predicted octanol–water partition coefficient (Wildman–Crippen LogP) is 3.38. The maximum Gasteiger partial charge on any atom is 0.490 e. The zero-order chi connectivity index (χ0) is 23.4. The number of anilines is 1. The third-order valence-electron chi connectivity index (χ3n) is 5.80. The highest BCUT2D eigenvalue weighted by molar-refractivity contribution is 7.09. The highest BCUT2D eigenvalue weighted by Gasteiger charge is 2.41. The Morgan fingerprint density at radius 3 is 2.47 bits per heavy atom. The van der Waals surface area contributed by atoms with Crippen LogP contribution in [0.15, 0.2) is 17.8 Å². The van der Waals surface area contributed by atoms with E-state index in [1.165, 1.54) is 38.0 Å². The van der Waals surface area contributed by atoms with Crippen LogP contribution in [0.1, 0.15) is 30.0 Å². The highest BCUT2D eigenvalue weighted by atomic mass is 32.1. The number of piperidine rings is 1. The van der Waals surface area contributed by atoms with E-state index in [1.54, 1.807) is 24.8 Å². The molecular weight excluding hydrogens is 447 g/mol. The molecular formula is C20H26F3N5O3S. The van der Waals surface area contributed by atoms with Gasteiger partial charge in [-0.2, -0.15) is 13.2 Å². The van der Waals surface area contributed by atoms with Gasteiger partial charge in [-0.15, -0.1) is 11.3 Å². The number of carbonyl (C=O) groups is 1. The van der Waals surface area contributed by atoms with Crippen LogP contribution in [-0.4, -0.2) is 70.4 Å². The molecule has 1 N–H and O–H groups in total. The number of hydrogen-bond acceptors (Lipinski definition) is 8. The molecule has 2 fully saturated rings. The average Bonchev–Trinajstić information content (AvgIpc) is 3.34. The van der Waals surface area contributed by atoms with Crippen molar-refractivity contribution in [1.29, 1.82) is 0 Å². The Labute approximate surface area is 188 Å². The lowest BCUT2D eigenvalue weighted by atomic mass is 9.78. The molecule has 0 bridgehead atoms. The van der Waals surface area contributed by atoms with Crippen LogP contribution >= 0.6 is 11.3 Å². The predicted molar refractivity (Wildman–Crippen MR) is 113 cm³/mol. The molecule has 4 rings (SSSR count). The molecule has 2 saturated heterocycles. The number of carboxylic acid groups (broad SMARTS) is 1. The van der Waals surface area contributed by atoms with Crippen molar-refractivity contribution in [2.24, 2.45) is 5.41 Å². The number of aromatic nitrogens is 3. The van der Waals surface area contributed by atoms with Gasteiger partial charge in [0.1, 0.15) is 12.1 Å². The van der Waals surface area contributed by atoms with Crippen molar-refractivity contribution in [2.45, 2.75) is 38.9 Å². The van der Waals surface area contributed by atoms with Crippen molar-refractivity contribution < 1.29 is 27.8 Å². The van der Waals surface area contributed by atoms with Gasteiger partial charge in [-0.3, -0.25) is 4.90 Å². The molecule has 12 heteroatoms. The zero-order valence-corrected chi connectivity index (χ0v) is 18.7. The quantitative estimate of drug-likeness (QED) is 0.723. The Bertz CT molecular complexity index is 916. The number of aliphatic carboxylic acids is 1. The molecule has 32 heavy (non-hydrogen) atoms. The van der Waals surface area contributed by atoms with Crippen LogP contribution in [0.4, 0.5) is 19.0 Å². The molecule has 0 aliphatic carbocycles. The molecule has 4 heterocycles. The summed E-state index contributed by atoms with van der Waals surface area (Å²) < 4.78 is 37.0. The molecule has 2 aliphatic heterocycles. The number of rotatable bonds is 4. The molecule has 0 amide bonds. The van der Waals surface area contributed by atoms with Gasteiger partial charge in [-0.1, -0.05) is 0 Å². The fourth-order valence-electron chi connectivity index (χ4n) is 4.11. The molecule has 1 spiro atoms. The summed E-state index contributed by atoms with van der Waals surface area (Å²) in [4.78, 5) is 27.0. The van der Waals surface area contributed by atoms with Crippen LogP contribution in [0.2, 0.25) is 0 Å². The monoisotopic (exact) mass is 473 g/mol. The Morgan fingerprint density at radius 1 is 1.25 bits per heavy atom. The number of nitrogens with zero attached hydrogens (tertiary/aromatic N) is 5. The van der Waals surface area contributed by atoms with Gasteiger partial charge in [0, 0.05) is 37.6 Å². The van der Waals surface area contributed by atoms with Gasteiger partial charge in [0.15, 0.2) is 0 Å². The van der Waals surface area contributed by atoms with Gasteiger partial charge in [0.25, 0.3) is 0 Å². The zero-order valence-electron chi connectivity index (χ0n) is 17.9. The van der Waals surface area contributed by atoms with Gasteiger partial charge in [0.05, 0.1) is 17.8 Å². The lowest BCUT2D eigenvalue weighted by Crippen LogP contribution is -2.42. The Morgan fingerprint density at radius 2 is 1.91 bits per heavy atom. The first kappa shape index (κ1) is 24.2. The first-order valence-corrected chi connectivity index (χ1v) is 11.0. The number of carboxylic acids is 1. The molecule has 8 nitrogen and oxygen atoms in total. The van der Waals surface area contributed by atoms with E-state index in [-0.39, 0.29) is 0 Å². The molecule has 0 atom stereocenters. The van der Waals surface area contributed by atoms with E-state index in [2.05, 4.69) is 37.1 Å². The summed E-state index contributed by atoms with van der Waals surface area (Å²) in [6.07, 6.45) is 0.264. The van der Waals surface area contributed by atoms with Crippen LogP contribution in [0.3, 0.4) is 0 Å². The Hall–Kier alpha value is -2.47. The topological polar surface area (TPSA) is 91.7 Å². The Kier molecular flexibility index (Phi) is 7.55. The third kappa shape index (κ3) is 6.28. The lowest BCUT2D eigenvalue weighted by molar-refractivity contribution is -0.192. The fraction of sp³-hybridized carbons (Fsp3) is 0.600.